The lowest BCUT2D eigenvalue weighted by molar-refractivity contribution is -0.162. The zero-order chi connectivity index (χ0) is 21.6. The number of imide groups is 1. The fourth-order valence-corrected chi connectivity index (χ4v) is 5.33. The summed E-state index contributed by atoms with van der Waals surface area (Å²) in [7, 11) is 0. The van der Waals surface area contributed by atoms with Crippen LogP contribution in [0.4, 0.5) is 10.1 Å². The number of anilines is 1. The van der Waals surface area contributed by atoms with Crippen LogP contribution in [0, 0.1) is 35.4 Å². The summed E-state index contributed by atoms with van der Waals surface area (Å²) < 4.78 is 18.1. The molecule has 160 valence electrons. The molecule has 2 aliphatic carbocycles. The van der Waals surface area contributed by atoms with E-state index in [1.165, 1.54) is 24.3 Å². The molecule has 8 heteroatoms. The fraction of sp³-hybridized carbons (Fsp3) is 0.545. The topological polar surface area (TPSA) is 92.8 Å². The van der Waals surface area contributed by atoms with E-state index in [2.05, 4.69) is 5.32 Å². The van der Waals surface area contributed by atoms with Crippen LogP contribution in [0.5, 0.6) is 0 Å². The maximum Gasteiger partial charge on any atom is 0.330 e. The zero-order valence-electron chi connectivity index (χ0n) is 17.0. The Kier molecular flexibility index (Phi) is 5.34. The summed E-state index contributed by atoms with van der Waals surface area (Å²) in [5.74, 6) is -2.86. The van der Waals surface area contributed by atoms with E-state index in [1.54, 1.807) is 13.8 Å². The number of hydrogen-bond acceptors (Lipinski definition) is 5. The Hall–Kier alpha value is -2.77. The number of carbonyl (C=O) groups is 4. The van der Waals surface area contributed by atoms with E-state index >= 15 is 0 Å². The molecule has 1 heterocycles. The molecule has 0 aromatic heterocycles. The monoisotopic (exact) mass is 416 g/mol. The molecule has 1 aliphatic heterocycles. The van der Waals surface area contributed by atoms with E-state index in [4.69, 9.17) is 4.74 Å². The molecule has 1 aromatic rings. The van der Waals surface area contributed by atoms with Crippen LogP contribution in [0.2, 0.25) is 0 Å². The van der Waals surface area contributed by atoms with Crippen LogP contribution in [0.1, 0.15) is 33.1 Å². The van der Waals surface area contributed by atoms with Gasteiger partial charge < -0.3 is 10.1 Å². The molecule has 30 heavy (non-hydrogen) atoms. The van der Waals surface area contributed by atoms with Crippen molar-refractivity contribution in [1.29, 1.82) is 0 Å². The molecular formula is C22H25FN2O5. The summed E-state index contributed by atoms with van der Waals surface area (Å²) in [6.07, 6.45) is 2.83. The largest absolute Gasteiger partial charge is 0.454 e. The highest BCUT2D eigenvalue weighted by Gasteiger charge is 2.62. The summed E-state index contributed by atoms with van der Waals surface area (Å²) in [5, 5.41) is 2.50. The quantitative estimate of drug-likeness (QED) is 0.568. The molecule has 4 rings (SSSR count). The van der Waals surface area contributed by atoms with Crippen LogP contribution in [0.25, 0.3) is 0 Å². The van der Waals surface area contributed by atoms with E-state index in [-0.39, 0.29) is 41.4 Å². The summed E-state index contributed by atoms with van der Waals surface area (Å²) in [6.45, 7) is 2.93. The Morgan fingerprint density at radius 3 is 2.20 bits per heavy atom. The summed E-state index contributed by atoms with van der Waals surface area (Å²) in [5.41, 5.74) is 0.367. The van der Waals surface area contributed by atoms with Crippen molar-refractivity contribution in [2.45, 2.75) is 39.2 Å². The number of rotatable bonds is 6. The predicted octanol–water partition coefficient (Wildman–Crippen LogP) is 2.36. The van der Waals surface area contributed by atoms with Gasteiger partial charge in [-0.2, -0.15) is 0 Å². The number of esters is 1. The normalized spacial score (nSPS) is 28.1. The van der Waals surface area contributed by atoms with Crippen molar-refractivity contribution in [2.75, 3.05) is 11.9 Å². The van der Waals surface area contributed by atoms with Gasteiger partial charge >= 0.3 is 5.97 Å². The maximum atomic E-state index is 13.0. The number of fused-ring (bicyclic) bond motifs is 5. The molecule has 1 N–H and O–H groups in total. The van der Waals surface area contributed by atoms with Crippen LogP contribution in [0.3, 0.4) is 0 Å². The van der Waals surface area contributed by atoms with E-state index in [0.717, 1.165) is 24.2 Å². The van der Waals surface area contributed by atoms with E-state index in [1.807, 2.05) is 0 Å². The Bertz CT molecular complexity index is 856. The van der Waals surface area contributed by atoms with E-state index in [9.17, 15) is 23.6 Å². The van der Waals surface area contributed by atoms with Crippen LogP contribution < -0.4 is 5.32 Å². The minimum Gasteiger partial charge on any atom is -0.454 e. The van der Waals surface area contributed by atoms with Gasteiger partial charge in [0.1, 0.15) is 11.9 Å². The van der Waals surface area contributed by atoms with Gasteiger partial charge in [-0.05, 0) is 61.3 Å². The first kappa shape index (κ1) is 20.5. The maximum absolute atomic E-state index is 13.0. The first-order valence-corrected chi connectivity index (χ1v) is 10.4. The number of carbonyl (C=O) groups excluding carboxylic acids is 4. The average Bonchev–Trinajstić information content (AvgIpc) is 3.38. The molecule has 2 saturated carbocycles. The Balaban J connectivity index is 1.41. The number of benzene rings is 1. The molecule has 3 amide bonds. The predicted molar refractivity (Wildman–Crippen MR) is 104 cm³/mol. The van der Waals surface area contributed by atoms with Gasteiger partial charge in [-0.15, -0.1) is 0 Å². The third-order valence-corrected chi connectivity index (χ3v) is 6.59. The second-order valence-corrected chi connectivity index (χ2v) is 8.78. The molecule has 2 bridgehead atoms. The minimum atomic E-state index is -1.05. The van der Waals surface area contributed by atoms with Crippen molar-refractivity contribution < 1.29 is 28.3 Å². The molecule has 3 aliphatic rings. The first-order valence-electron chi connectivity index (χ1n) is 10.4. The van der Waals surface area contributed by atoms with Crippen molar-refractivity contribution in [2.24, 2.45) is 29.6 Å². The standard InChI is InChI=1S/C22H25FN2O5/c1-11(2)19(22(29)30-10-16(26)24-15-7-5-14(23)6-8-15)25-20(27)17-12-3-4-13(9-12)18(17)21(25)28/h5-8,11-13,17-19H,3-4,9-10H2,1-2H3,(H,24,26)/t12-,13-,17-,18-,19+/m0/s1. The highest BCUT2D eigenvalue weighted by Crippen LogP contribution is 2.56. The SMILES string of the molecule is CC(C)[C@H](C(=O)OCC(=O)Nc1ccc(F)cc1)N1C(=O)[C@H]2[C@H]3CC[C@@H](C3)[C@@H]2C1=O. The highest BCUT2D eigenvalue weighted by molar-refractivity contribution is 6.08. The fourth-order valence-electron chi connectivity index (χ4n) is 5.33. The van der Waals surface area contributed by atoms with E-state index < -0.39 is 30.3 Å². The minimum absolute atomic E-state index is 0.228. The molecule has 0 spiro atoms. The second kappa shape index (κ2) is 7.81. The second-order valence-electron chi connectivity index (χ2n) is 8.78. The van der Waals surface area contributed by atoms with Gasteiger partial charge in [-0.1, -0.05) is 13.8 Å². The van der Waals surface area contributed by atoms with Crippen molar-refractivity contribution in [3.63, 3.8) is 0 Å². The number of nitrogens with one attached hydrogen (secondary N) is 1. The van der Waals surface area contributed by atoms with Gasteiger partial charge in [-0.25, -0.2) is 9.18 Å². The zero-order valence-corrected chi connectivity index (χ0v) is 17.0. The average molecular weight is 416 g/mol. The number of amides is 3. The van der Waals surface area contributed by atoms with Crippen molar-refractivity contribution in [3.05, 3.63) is 30.1 Å². The molecule has 1 saturated heterocycles. The Morgan fingerprint density at radius 1 is 1.10 bits per heavy atom. The van der Waals surface area contributed by atoms with Crippen molar-refractivity contribution >= 4 is 29.4 Å². The lowest BCUT2D eigenvalue weighted by Crippen LogP contribution is -2.50. The van der Waals surface area contributed by atoms with Gasteiger partial charge in [0, 0.05) is 5.69 Å². The van der Waals surface area contributed by atoms with Gasteiger partial charge in [0.2, 0.25) is 11.8 Å². The van der Waals surface area contributed by atoms with Crippen molar-refractivity contribution in [1.82, 2.24) is 4.90 Å². The molecule has 3 fully saturated rings. The summed E-state index contributed by atoms with van der Waals surface area (Å²) in [6, 6.07) is 4.13. The summed E-state index contributed by atoms with van der Waals surface area (Å²) >= 11 is 0. The third kappa shape index (κ3) is 3.48. The van der Waals surface area contributed by atoms with Crippen LogP contribution in [-0.2, 0) is 23.9 Å². The number of halogens is 1. The smallest absolute Gasteiger partial charge is 0.330 e. The third-order valence-electron chi connectivity index (χ3n) is 6.59. The van der Waals surface area contributed by atoms with Gasteiger partial charge in [-0.3, -0.25) is 19.3 Å². The first-order chi connectivity index (χ1) is 14.3. The van der Waals surface area contributed by atoms with Crippen LogP contribution in [-0.4, -0.2) is 41.2 Å². The van der Waals surface area contributed by atoms with Crippen molar-refractivity contribution in [3.8, 4) is 0 Å². The molecular weight excluding hydrogens is 391 g/mol. The Labute approximate surface area is 173 Å². The van der Waals surface area contributed by atoms with Crippen LogP contribution in [0.15, 0.2) is 24.3 Å². The number of nitrogens with zero attached hydrogens (tertiary/aromatic N) is 1. The lowest BCUT2D eigenvalue weighted by atomic mass is 9.81. The molecule has 7 nitrogen and oxygen atoms in total. The molecule has 1 aromatic carbocycles. The molecule has 0 radical (unpaired) electrons. The lowest BCUT2D eigenvalue weighted by Gasteiger charge is -2.28. The summed E-state index contributed by atoms with van der Waals surface area (Å²) in [4.78, 5) is 52.0. The highest BCUT2D eigenvalue weighted by atomic mass is 19.1. The number of hydrogen-bond donors (Lipinski definition) is 1. The Morgan fingerprint density at radius 2 is 1.67 bits per heavy atom. The number of likely N-dealkylation sites (tertiary alicyclic amines) is 1. The number of ether oxygens (including phenoxy) is 1. The molecule has 0 unspecified atom stereocenters. The van der Waals surface area contributed by atoms with Crippen LogP contribution >= 0.6 is 0 Å². The molecule has 5 atom stereocenters. The van der Waals surface area contributed by atoms with Gasteiger partial charge in [0.15, 0.2) is 6.61 Å². The van der Waals surface area contributed by atoms with Gasteiger partial charge in [0.05, 0.1) is 11.8 Å². The van der Waals surface area contributed by atoms with Gasteiger partial charge in [0.25, 0.3) is 5.91 Å². The van der Waals surface area contributed by atoms with E-state index in [0.29, 0.717) is 5.69 Å².